The third-order valence-electron chi connectivity index (χ3n) is 5.07. The molecule has 0 bridgehead atoms. The number of carbonyl (C=O) groups is 1. The summed E-state index contributed by atoms with van der Waals surface area (Å²) in [5, 5.41) is 16.3. The number of rotatable bonds is 8. The number of likely N-dealkylation sites (tertiary alicyclic amines) is 1. The van der Waals surface area contributed by atoms with Crippen molar-refractivity contribution < 1.29 is 9.90 Å². The number of hydrogen-bond donors (Lipinski definition) is 3. The van der Waals surface area contributed by atoms with Crippen LogP contribution < -0.4 is 10.6 Å². The summed E-state index contributed by atoms with van der Waals surface area (Å²) in [4.78, 5) is 20.5. The molecule has 1 saturated heterocycles. The molecule has 2 atom stereocenters. The van der Waals surface area contributed by atoms with Crippen LogP contribution in [-0.2, 0) is 17.9 Å². The molecule has 0 radical (unpaired) electrons. The molecule has 28 heavy (non-hydrogen) atoms. The topological polar surface area (TPSA) is 80.2 Å². The summed E-state index contributed by atoms with van der Waals surface area (Å²) in [7, 11) is 3.49. The lowest BCUT2D eigenvalue weighted by atomic mass is 10.1. The Bertz CT molecular complexity index is 662. The predicted octanol–water partition coefficient (Wildman–Crippen LogP) is 1.18. The fourth-order valence-corrected chi connectivity index (χ4v) is 3.03. The molecule has 0 aliphatic carbocycles. The lowest BCUT2D eigenvalue weighted by molar-refractivity contribution is -0.127. The monoisotopic (exact) mass is 389 g/mol. The van der Waals surface area contributed by atoms with E-state index >= 15 is 0 Å². The standard InChI is InChI=1S/C21H35N5O2/c1-5-16(2)24-21(23-13-20(28)25(3)4)22-12-17-8-6-7-9-18(17)14-26-11-10-19(27)15-26/h6-9,16,19,27H,5,10-15H2,1-4H3,(H2,22,23,24). The third-order valence-corrected chi connectivity index (χ3v) is 5.07. The Morgan fingerprint density at radius 3 is 2.68 bits per heavy atom. The van der Waals surface area contributed by atoms with E-state index in [1.807, 2.05) is 12.1 Å². The van der Waals surface area contributed by atoms with E-state index in [9.17, 15) is 9.90 Å². The van der Waals surface area contributed by atoms with E-state index in [-0.39, 0.29) is 24.6 Å². The highest BCUT2D eigenvalue weighted by molar-refractivity contribution is 5.86. The normalized spacial score (nSPS) is 18.8. The number of amides is 1. The number of nitrogens with zero attached hydrogens (tertiary/aromatic N) is 3. The highest BCUT2D eigenvalue weighted by atomic mass is 16.3. The van der Waals surface area contributed by atoms with Gasteiger partial charge in [0, 0.05) is 39.8 Å². The van der Waals surface area contributed by atoms with Gasteiger partial charge in [-0.1, -0.05) is 31.2 Å². The Labute approximate surface area is 168 Å². The highest BCUT2D eigenvalue weighted by Crippen LogP contribution is 2.17. The Morgan fingerprint density at radius 1 is 1.36 bits per heavy atom. The molecule has 7 nitrogen and oxygen atoms in total. The average molecular weight is 390 g/mol. The summed E-state index contributed by atoms with van der Waals surface area (Å²) in [6.07, 6.45) is 1.60. The first-order chi connectivity index (χ1) is 13.4. The largest absolute Gasteiger partial charge is 0.392 e. The number of likely N-dealkylation sites (N-methyl/N-ethyl adjacent to an activating group) is 1. The molecule has 1 aliphatic rings. The maximum atomic E-state index is 11.9. The minimum atomic E-state index is -0.213. The van der Waals surface area contributed by atoms with Crippen molar-refractivity contribution >= 4 is 11.9 Å². The number of guanidine groups is 1. The maximum absolute atomic E-state index is 11.9. The second-order valence-corrected chi connectivity index (χ2v) is 7.71. The van der Waals surface area contributed by atoms with Gasteiger partial charge in [0.25, 0.3) is 0 Å². The molecule has 1 fully saturated rings. The van der Waals surface area contributed by atoms with Crippen molar-refractivity contribution in [2.75, 3.05) is 33.7 Å². The van der Waals surface area contributed by atoms with Gasteiger partial charge in [0.1, 0.15) is 0 Å². The Kier molecular flexibility index (Phi) is 8.73. The van der Waals surface area contributed by atoms with E-state index in [0.717, 1.165) is 38.0 Å². The number of carbonyl (C=O) groups excluding carboxylic acids is 1. The van der Waals surface area contributed by atoms with Gasteiger partial charge in [0.2, 0.25) is 5.91 Å². The molecule has 0 aromatic heterocycles. The Morgan fingerprint density at radius 2 is 2.07 bits per heavy atom. The van der Waals surface area contributed by atoms with Gasteiger partial charge in [0.05, 0.1) is 19.2 Å². The molecule has 1 heterocycles. The third kappa shape index (κ3) is 7.13. The molecule has 3 N–H and O–H groups in total. The van der Waals surface area contributed by atoms with Crippen molar-refractivity contribution in [1.82, 2.24) is 20.4 Å². The van der Waals surface area contributed by atoms with E-state index in [0.29, 0.717) is 12.5 Å². The van der Waals surface area contributed by atoms with Crippen LogP contribution in [-0.4, -0.2) is 72.6 Å². The van der Waals surface area contributed by atoms with Gasteiger partial charge in [0.15, 0.2) is 5.96 Å². The zero-order valence-corrected chi connectivity index (χ0v) is 17.6. The van der Waals surface area contributed by atoms with Gasteiger partial charge >= 0.3 is 0 Å². The highest BCUT2D eigenvalue weighted by Gasteiger charge is 2.20. The minimum absolute atomic E-state index is 0.00615. The van der Waals surface area contributed by atoms with Gasteiger partial charge in [-0.25, -0.2) is 4.99 Å². The molecule has 2 rings (SSSR count). The molecule has 1 amide bonds. The second kappa shape index (κ2) is 11.0. The summed E-state index contributed by atoms with van der Waals surface area (Å²) >= 11 is 0. The van der Waals surface area contributed by atoms with E-state index in [1.54, 1.807) is 19.0 Å². The van der Waals surface area contributed by atoms with Crippen molar-refractivity contribution in [2.24, 2.45) is 4.99 Å². The predicted molar refractivity (Wildman–Crippen MR) is 113 cm³/mol. The van der Waals surface area contributed by atoms with Crippen LogP contribution >= 0.6 is 0 Å². The molecule has 1 aromatic carbocycles. The summed E-state index contributed by atoms with van der Waals surface area (Å²) < 4.78 is 0. The van der Waals surface area contributed by atoms with Crippen molar-refractivity contribution in [3.05, 3.63) is 35.4 Å². The number of benzene rings is 1. The van der Waals surface area contributed by atoms with Crippen molar-refractivity contribution in [2.45, 2.75) is 51.9 Å². The van der Waals surface area contributed by atoms with E-state index in [2.05, 4.69) is 41.5 Å². The van der Waals surface area contributed by atoms with Gasteiger partial charge < -0.3 is 20.6 Å². The molecular formula is C21H35N5O2. The van der Waals surface area contributed by atoms with Crippen LogP contribution in [0.5, 0.6) is 0 Å². The van der Waals surface area contributed by atoms with Crippen LogP contribution in [0.3, 0.4) is 0 Å². The summed E-state index contributed by atoms with van der Waals surface area (Å²) in [6, 6.07) is 8.55. The zero-order valence-electron chi connectivity index (χ0n) is 17.6. The summed E-state index contributed by atoms with van der Waals surface area (Å²) in [6.45, 7) is 7.43. The molecule has 0 spiro atoms. The fraction of sp³-hybridized carbons (Fsp3) is 0.619. The van der Waals surface area contributed by atoms with Crippen LogP contribution in [0.4, 0.5) is 0 Å². The van der Waals surface area contributed by atoms with Crippen LogP contribution in [0.1, 0.15) is 37.8 Å². The Balaban J connectivity index is 2.06. The van der Waals surface area contributed by atoms with Gasteiger partial charge in [-0.15, -0.1) is 0 Å². The van der Waals surface area contributed by atoms with Crippen LogP contribution in [0, 0.1) is 0 Å². The molecule has 7 heteroatoms. The molecule has 156 valence electrons. The molecular weight excluding hydrogens is 354 g/mol. The minimum Gasteiger partial charge on any atom is -0.392 e. The number of hydrogen-bond acceptors (Lipinski definition) is 4. The molecule has 2 unspecified atom stereocenters. The fourth-order valence-electron chi connectivity index (χ4n) is 3.03. The number of aliphatic hydroxyl groups excluding tert-OH is 1. The van der Waals surface area contributed by atoms with E-state index in [4.69, 9.17) is 4.99 Å². The van der Waals surface area contributed by atoms with Gasteiger partial charge in [-0.3, -0.25) is 9.69 Å². The zero-order chi connectivity index (χ0) is 20.5. The maximum Gasteiger partial charge on any atom is 0.241 e. The number of nitrogens with one attached hydrogen (secondary N) is 2. The number of β-amino-alcohol motifs (C(OH)–C–C–N with tert-alkyl or cyclic N) is 1. The summed E-state index contributed by atoms with van der Waals surface area (Å²) in [5.41, 5.74) is 2.39. The lowest BCUT2D eigenvalue weighted by Gasteiger charge is -2.19. The quantitative estimate of drug-likeness (QED) is 0.460. The smallest absolute Gasteiger partial charge is 0.241 e. The van der Waals surface area contributed by atoms with Crippen LogP contribution in [0.15, 0.2) is 29.3 Å². The molecule has 1 aliphatic heterocycles. The molecule has 1 aromatic rings. The van der Waals surface area contributed by atoms with E-state index < -0.39 is 0 Å². The first-order valence-corrected chi connectivity index (χ1v) is 10.1. The lowest BCUT2D eigenvalue weighted by Crippen LogP contribution is -2.45. The van der Waals surface area contributed by atoms with Crippen molar-refractivity contribution in [3.63, 3.8) is 0 Å². The van der Waals surface area contributed by atoms with Gasteiger partial charge in [-0.2, -0.15) is 0 Å². The number of aliphatic hydroxyl groups is 1. The van der Waals surface area contributed by atoms with Crippen LogP contribution in [0.2, 0.25) is 0 Å². The molecule has 0 saturated carbocycles. The second-order valence-electron chi connectivity index (χ2n) is 7.71. The van der Waals surface area contributed by atoms with Crippen LogP contribution in [0.25, 0.3) is 0 Å². The number of aliphatic imine (C=N–C) groups is 1. The first kappa shape index (κ1) is 22.2. The Hall–Kier alpha value is -2.12. The first-order valence-electron chi connectivity index (χ1n) is 10.1. The average Bonchev–Trinajstić information content (AvgIpc) is 3.09. The SMILES string of the molecule is CCC(C)NC(=NCc1ccccc1CN1CCC(O)C1)NCC(=O)N(C)C. The summed E-state index contributed by atoms with van der Waals surface area (Å²) in [5.74, 6) is 0.655. The van der Waals surface area contributed by atoms with Gasteiger partial charge in [-0.05, 0) is 30.9 Å². The van der Waals surface area contributed by atoms with E-state index in [1.165, 1.54) is 5.56 Å². The van der Waals surface area contributed by atoms with Crippen molar-refractivity contribution in [1.29, 1.82) is 0 Å². The van der Waals surface area contributed by atoms with Crippen molar-refractivity contribution in [3.8, 4) is 0 Å².